The minimum absolute atomic E-state index is 0.185. The highest BCUT2D eigenvalue weighted by atomic mass is 32.2. The van der Waals surface area contributed by atoms with Crippen LogP contribution in [0.5, 0.6) is 0 Å². The number of sulfonamides is 1. The largest absolute Gasteiger partial charge is 0.478 e. The van der Waals surface area contributed by atoms with E-state index in [9.17, 15) is 13.2 Å². The van der Waals surface area contributed by atoms with Crippen LogP contribution in [-0.4, -0.2) is 25.5 Å². The van der Waals surface area contributed by atoms with Crippen molar-refractivity contribution in [2.45, 2.75) is 30.9 Å². The monoisotopic (exact) mass is 335 g/mol. The first-order valence-electron chi connectivity index (χ1n) is 7.32. The van der Waals surface area contributed by atoms with Gasteiger partial charge in [-0.1, -0.05) is 18.2 Å². The molecule has 1 aliphatic rings. The fourth-order valence-corrected chi connectivity index (χ4v) is 4.25. The van der Waals surface area contributed by atoms with E-state index in [0.29, 0.717) is 11.6 Å². The van der Waals surface area contributed by atoms with E-state index in [4.69, 9.17) is 9.52 Å². The average Bonchev–Trinajstić information content (AvgIpc) is 3.23. The van der Waals surface area contributed by atoms with Crippen LogP contribution in [0.25, 0.3) is 0 Å². The summed E-state index contributed by atoms with van der Waals surface area (Å²) in [7, 11) is -3.97. The van der Waals surface area contributed by atoms with Gasteiger partial charge in [0.1, 0.15) is 6.26 Å². The maximum atomic E-state index is 13.0. The summed E-state index contributed by atoms with van der Waals surface area (Å²) >= 11 is 0. The van der Waals surface area contributed by atoms with Gasteiger partial charge < -0.3 is 9.52 Å². The van der Waals surface area contributed by atoms with Crippen LogP contribution in [0, 0.1) is 5.92 Å². The van der Waals surface area contributed by atoms with E-state index in [-0.39, 0.29) is 16.7 Å². The summed E-state index contributed by atoms with van der Waals surface area (Å²) in [5, 5.41) is 8.60. The molecule has 1 N–H and O–H groups in total. The molecule has 0 amide bonds. The summed E-state index contributed by atoms with van der Waals surface area (Å²) in [5.41, 5.74) is 0.357. The molecular formula is C16H17NO5S. The first kappa shape index (κ1) is 15.6. The van der Waals surface area contributed by atoms with E-state index in [1.54, 1.807) is 24.3 Å². The van der Waals surface area contributed by atoms with Crippen LogP contribution in [0.4, 0.5) is 5.69 Å². The molecule has 1 heterocycles. The number of anilines is 1. The summed E-state index contributed by atoms with van der Waals surface area (Å²) in [5.74, 6) is -0.921. The van der Waals surface area contributed by atoms with Crippen LogP contribution in [0.15, 0.2) is 52.2 Å². The fraction of sp³-hybridized carbons (Fsp3) is 0.312. The van der Waals surface area contributed by atoms with Crippen LogP contribution >= 0.6 is 0 Å². The standard InChI is InChI=1S/C16H17NO5S/c1-11(12-7-8-12)17(14-5-3-2-4-6-14)23(20,21)15-9-13(10-22-15)16(18)19/h2-6,9-12H,7-8H2,1H3,(H,18,19). The van der Waals surface area contributed by atoms with E-state index >= 15 is 0 Å². The van der Waals surface area contributed by atoms with Gasteiger partial charge >= 0.3 is 5.97 Å². The molecule has 23 heavy (non-hydrogen) atoms. The summed E-state index contributed by atoms with van der Waals surface area (Å²) in [6.45, 7) is 1.86. The average molecular weight is 335 g/mol. The molecule has 0 spiro atoms. The minimum atomic E-state index is -3.97. The van der Waals surface area contributed by atoms with Crippen molar-refractivity contribution in [1.82, 2.24) is 0 Å². The number of carboxylic acids is 1. The topological polar surface area (TPSA) is 87.8 Å². The summed E-state index contributed by atoms with van der Waals surface area (Å²) in [6, 6.07) is 9.61. The Hall–Kier alpha value is -2.28. The predicted octanol–water partition coefficient (Wildman–Crippen LogP) is 2.97. The van der Waals surface area contributed by atoms with Crippen molar-refractivity contribution in [2.75, 3.05) is 4.31 Å². The molecule has 1 fully saturated rings. The molecule has 2 aromatic rings. The number of aromatic carboxylic acids is 1. The third kappa shape index (κ3) is 2.96. The molecule has 6 nitrogen and oxygen atoms in total. The molecule has 1 unspecified atom stereocenters. The normalized spacial score (nSPS) is 16.0. The second-order valence-corrected chi connectivity index (χ2v) is 7.42. The number of carboxylic acid groups (broad SMARTS) is 1. The number of para-hydroxylation sites is 1. The molecule has 1 saturated carbocycles. The molecule has 1 aromatic carbocycles. The second kappa shape index (κ2) is 5.73. The Balaban J connectivity index is 2.05. The molecule has 7 heteroatoms. The van der Waals surface area contributed by atoms with E-state index < -0.39 is 16.0 Å². The lowest BCUT2D eigenvalue weighted by molar-refractivity contribution is 0.0696. The molecular weight excluding hydrogens is 318 g/mol. The van der Waals surface area contributed by atoms with Gasteiger partial charge in [0, 0.05) is 12.1 Å². The first-order chi connectivity index (χ1) is 10.9. The Morgan fingerprint density at radius 1 is 1.30 bits per heavy atom. The highest BCUT2D eigenvalue weighted by Crippen LogP contribution is 2.39. The molecule has 0 radical (unpaired) electrons. The third-order valence-corrected chi connectivity index (χ3v) is 5.80. The number of rotatable bonds is 6. The van der Waals surface area contributed by atoms with Gasteiger partial charge in [0.15, 0.2) is 0 Å². The zero-order valence-corrected chi connectivity index (χ0v) is 13.4. The Bertz CT molecular complexity index is 808. The van der Waals surface area contributed by atoms with Crippen molar-refractivity contribution in [2.24, 2.45) is 5.92 Å². The molecule has 1 aliphatic carbocycles. The SMILES string of the molecule is CC(C1CC1)N(c1ccccc1)S(=O)(=O)c1cc(C(=O)O)co1. The third-order valence-electron chi connectivity index (χ3n) is 4.02. The van der Waals surface area contributed by atoms with Crippen molar-refractivity contribution in [1.29, 1.82) is 0 Å². The van der Waals surface area contributed by atoms with Gasteiger partial charge in [-0.15, -0.1) is 0 Å². The van der Waals surface area contributed by atoms with Crippen LogP contribution in [0.1, 0.15) is 30.1 Å². The van der Waals surface area contributed by atoms with Crippen LogP contribution in [0.3, 0.4) is 0 Å². The predicted molar refractivity (Wildman–Crippen MR) is 84.0 cm³/mol. The van der Waals surface area contributed by atoms with E-state index in [0.717, 1.165) is 25.2 Å². The van der Waals surface area contributed by atoms with Crippen molar-refractivity contribution in [3.63, 3.8) is 0 Å². The van der Waals surface area contributed by atoms with Gasteiger partial charge in [0.2, 0.25) is 5.09 Å². The summed E-state index contributed by atoms with van der Waals surface area (Å²) in [4.78, 5) is 11.0. The first-order valence-corrected chi connectivity index (χ1v) is 8.76. The van der Waals surface area contributed by atoms with E-state index in [1.165, 1.54) is 4.31 Å². The number of benzene rings is 1. The quantitative estimate of drug-likeness (QED) is 0.877. The summed E-state index contributed by atoms with van der Waals surface area (Å²) in [6.07, 6.45) is 2.91. The van der Waals surface area contributed by atoms with Crippen molar-refractivity contribution in [3.8, 4) is 0 Å². The highest BCUT2D eigenvalue weighted by molar-refractivity contribution is 7.92. The molecule has 0 aliphatic heterocycles. The Morgan fingerprint density at radius 3 is 2.48 bits per heavy atom. The molecule has 3 rings (SSSR count). The maximum Gasteiger partial charge on any atom is 0.339 e. The molecule has 122 valence electrons. The second-order valence-electron chi connectivity index (χ2n) is 5.67. The van der Waals surface area contributed by atoms with E-state index in [2.05, 4.69) is 0 Å². The lowest BCUT2D eigenvalue weighted by atomic mass is 10.2. The zero-order valence-electron chi connectivity index (χ0n) is 12.5. The highest BCUT2D eigenvalue weighted by Gasteiger charge is 2.40. The van der Waals surface area contributed by atoms with Gasteiger partial charge in [-0.25, -0.2) is 4.79 Å². The number of hydrogen-bond donors (Lipinski definition) is 1. The van der Waals surface area contributed by atoms with Gasteiger partial charge in [0.25, 0.3) is 10.0 Å². The lowest BCUT2D eigenvalue weighted by Crippen LogP contribution is -2.39. The Kier molecular flexibility index (Phi) is 3.89. The van der Waals surface area contributed by atoms with Crippen molar-refractivity contribution >= 4 is 21.7 Å². The lowest BCUT2D eigenvalue weighted by Gasteiger charge is -2.29. The molecule has 1 atom stereocenters. The number of nitrogens with zero attached hydrogens (tertiary/aromatic N) is 1. The molecule has 1 aromatic heterocycles. The van der Waals surface area contributed by atoms with Gasteiger partial charge in [-0.3, -0.25) is 4.31 Å². The number of carbonyl (C=O) groups is 1. The molecule has 0 bridgehead atoms. The Morgan fingerprint density at radius 2 is 1.96 bits per heavy atom. The fourth-order valence-electron chi connectivity index (χ4n) is 2.60. The van der Waals surface area contributed by atoms with Crippen molar-refractivity contribution in [3.05, 3.63) is 48.2 Å². The Labute approximate surface area is 134 Å². The van der Waals surface area contributed by atoms with Crippen LogP contribution < -0.4 is 4.31 Å². The number of hydrogen-bond acceptors (Lipinski definition) is 4. The van der Waals surface area contributed by atoms with Gasteiger partial charge in [0.05, 0.1) is 11.3 Å². The smallest absolute Gasteiger partial charge is 0.339 e. The van der Waals surface area contributed by atoms with Gasteiger partial charge in [-0.05, 0) is 37.8 Å². The van der Waals surface area contributed by atoms with Crippen LogP contribution in [-0.2, 0) is 10.0 Å². The summed E-state index contributed by atoms with van der Waals surface area (Å²) < 4.78 is 32.3. The van der Waals surface area contributed by atoms with Crippen LogP contribution in [0.2, 0.25) is 0 Å². The number of furan rings is 1. The van der Waals surface area contributed by atoms with E-state index in [1.807, 2.05) is 13.0 Å². The van der Waals surface area contributed by atoms with Gasteiger partial charge in [-0.2, -0.15) is 8.42 Å². The van der Waals surface area contributed by atoms with Crippen molar-refractivity contribution < 1.29 is 22.7 Å². The molecule has 0 saturated heterocycles. The maximum absolute atomic E-state index is 13.0. The zero-order chi connectivity index (χ0) is 16.6. The minimum Gasteiger partial charge on any atom is -0.478 e.